The summed E-state index contributed by atoms with van der Waals surface area (Å²) in [5, 5.41) is 6.64. The van der Waals surface area contributed by atoms with E-state index >= 15 is 0 Å². The number of ether oxygens (including phenoxy) is 2. The molecule has 1 saturated carbocycles. The van der Waals surface area contributed by atoms with Gasteiger partial charge in [0.2, 0.25) is 0 Å². The van der Waals surface area contributed by atoms with E-state index in [0.717, 1.165) is 31.1 Å². The maximum Gasteiger partial charge on any atom is 0.191 e. The smallest absolute Gasteiger partial charge is 0.191 e. The van der Waals surface area contributed by atoms with Gasteiger partial charge in [-0.2, -0.15) is 0 Å². The first-order chi connectivity index (χ1) is 12.1. The zero-order chi connectivity index (χ0) is 18.1. The van der Waals surface area contributed by atoms with Crippen molar-refractivity contribution in [2.75, 3.05) is 33.9 Å². The molecule has 1 aliphatic carbocycles. The van der Waals surface area contributed by atoms with Crippen molar-refractivity contribution in [2.45, 2.75) is 39.2 Å². The molecule has 7 heteroatoms. The second-order valence-electron chi connectivity index (χ2n) is 6.57. The molecule has 148 valence electrons. The third-order valence-electron chi connectivity index (χ3n) is 4.86. The molecule has 0 unspecified atom stereocenters. The van der Waals surface area contributed by atoms with Gasteiger partial charge in [-0.25, -0.2) is 4.39 Å². The summed E-state index contributed by atoms with van der Waals surface area (Å²) < 4.78 is 24.4. The van der Waals surface area contributed by atoms with Crippen molar-refractivity contribution in [3.63, 3.8) is 0 Å². The molecule has 26 heavy (non-hydrogen) atoms. The Balaban J connectivity index is 0.00000338. The van der Waals surface area contributed by atoms with Gasteiger partial charge in [0.15, 0.2) is 17.5 Å². The monoisotopic (exact) mass is 479 g/mol. The highest BCUT2D eigenvalue weighted by atomic mass is 127. The number of hydrogen-bond donors (Lipinski definition) is 2. The molecule has 1 aromatic carbocycles. The van der Waals surface area contributed by atoms with E-state index < -0.39 is 0 Å². The van der Waals surface area contributed by atoms with Crippen LogP contribution in [0.25, 0.3) is 0 Å². The van der Waals surface area contributed by atoms with E-state index in [1.807, 2.05) is 13.0 Å². The minimum Gasteiger partial charge on any atom is -0.491 e. The summed E-state index contributed by atoms with van der Waals surface area (Å²) >= 11 is 0. The van der Waals surface area contributed by atoms with Gasteiger partial charge >= 0.3 is 0 Å². The van der Waals surface area contributed by atoms with E-state index in [9.17, 15) is 4.39 Å². The average Bonchev–Trinajstić information content (AvgIpc) is 2.58. The summed E-state index contributed by atoms with van der Waals surface area (Å²) in [4.78, 5) is 4.26. The quantitative estimate of drug-likeness (QED) is 0.322. The minimum atomic E-state index is -0.336. The number of hydrogen-bond acceptors (Lipinski definition) is 3. The SMILES string of the molecule is CCOc1ccc(CNC(=NC)NCC2(CCOC)CCC2)cc1F.I. The minimum absolute atomic E-state index is 0. The van der Waals surface area contributed by atoms with Gasteiger partial charge in [0.1, 0.15) is 0 Å². The van der Waals surface area contributed by atoms with Crippen LogP contribution in [-0.4, -0.2) is 39.9 Å². The summed E-state index contributed by atoms with van der Waals surface area (Å²) in [6.45, 7) is 4.48. The van der Waals surface area contributed by atoms with E-state index in [2.05, 4.69) is 15.6 Å². The van der Waals surface area contributed by atoms with Crippen LogP contribution >= 0.6 is 24.0 Å². The van der Waals surface area contributed by atoms with E-state index in [4.69, 9.17) is 9.47 Å². The second-order valence-corrected chi connectivity index (χ2v) is 6.57. The summed E-state index contributed by atoms with van der Waals surface area (Å²) in [5.41, 5.74) is 1.17. The number of halogens is 2. The summed E-state index contributed by atoms with van der Waals surface area (Å²) in [5.74, 6) is 0.689. The number of nitrogens with one attached hydrogen (secondary N) is 2. The fourth-order valence-corrected chi connectivity index (χ4v) is 3.11. The molecule has 0 bridgehead atoms. The van der Waals surface area contributed by atoms with Crippen LogP contribution < -0.4 is 15.4 Å². The highest BCUT2D eigenvalue weighted by molar-refractivity contribution is 14.0. The molecule has 2 N–H and O–H groups in total. The normalized spacial score (nSPS) is 15.6. The van der Waals surface area contributed by atoms with E-state index in [-0.39, 0.29) is 29.8 Å². The maximum absolute atomic E-state index is 13.9. The second kappa shape index (κ2) is 11.6. The zero-order valence-electron chi connectivity index (χ0n) is 15.9. The standard InChI is InChI=1S/C19H30FN3O2.HI/c1-4-25-17-7-6-15(12-16(17)20)13-22-18(21-2)23-14-19(8-5-9-19)10-11-24-3;/h6-7,12H,4-5,8-11,13-14H2,1-3H3,(H2,21,22,23);1H. The van der Waals surface area contributed by atoms with E-state index in [1.165, 1.54) is 25.3 Å². The number of aliphatic imine (C=N–C) groups is 1. The number of nitrogens with zero attached hydrogens (tertiary/aromatic N) is 1. The van der Waals surface area contributed by atoms with Gasteiger partial charge in [-0.1, -0.05) is 12.5 Å². The lowest BCUT2D eigenvalue weighted by atomic mass is 9.67. The summed E-state index contributed by atoms with van der Waals surface area (Å²) in [6.07, 6.45) is 4.80. The molecule has 1 fully saturated rings. The first-order valence-corrected chi connectivity index (χ1v) is 8.97. The molecular formula is C19H31FIN3O2. The highest BCUT2D eigenvalue weighted by Gasteiger charge is 2.36. The molecule has 0 radical (unpaired) electrons. The van der Waals surface area contributed by atoms with Crippen LogP contribution in [-0.2, 0) is 11.3 Å². The number of guanidine groups is 1. The molecule has 0 heterocycles. The van der Waals surface area contributed by atoms with E-state index in [1.54, 1.807) is 20.2 Å². The molecule has 0 saturated heterocycles. The maximum atomic E-state index is 13.9. The Labute approximate surface area is 173 Å². The van der Waals surface area contributed by atoms with Gasteiger partial charge in [-0.3, -0.25) is 4.99 Å². The van der Waals surface area contributed by atoms with Crippen molar-refractivity contribution in [2.24, 2.45) is 10.4 Å². The topological polar surface area (TPSA) is 54.9 Å². The van der Waals surface area contributed by atoms with Gasteiger partial charge in [0.25, 0.3) is 0 Å². The molecule has 1 aromatic rings. The Bertz CT molecular complexity index is 580. The highest BCUT2D eigenvalue weighted by Crippen LogP contribution is 2.43. The van der Waals surface area contributed by atoms with Crippen LogP contribution in [0.2, 0.25) is 0 Å². The number of methoxy groups -OCH3 is 1. The fourth-order valence-electron chi connectivity index (χ4n) is 3.11. The van der Waals surface area contributed by atoms with Crippen LogP contribution in [0.5, 0.6) is 5.75 Å². The lowest BCUT2D eigenvalue weighted by Crippen LogP contribution is -2.46. The van der Waals surface area contributed by atoms with Crippen molar-refractivity contribution in [3.05, 3.63) is 29.6 Å². The lowest BCUT2D eigenvalue weighted by molar-refractivity contribution is 0.0732. The van der Waals surface area contributed by atoms with E-state index in [0.29, 0.717) is 24.3 Å². The van der Waals surface area contributed by atoms with Crippen molar-refractivity contribution in [3.8, 4) is 5.75 Å². The van der Waals surface area contributed by atoms with Crippen LogP contribution in [0.1, 0.15) is 38.2 Å². The predicted octanol–water partition coefficient (Wildman–Crippen LogP) is 3.71. The van der Waals surface area contributed by atoms with Crippen LogP contribution in [0, 0.1) is 11.2 Å². The third kappa shape index (κ3) is 6.57. The van der Waals surface area contributed by atoms with Gasteiger partial charge in [-0.05, 0) is 49.3 Å². The largest absolute Gasteiger partial charge is 0.491 e. The lowest BCUT2D eigenvalue weighted by Gasteiger charge is -2.42. The van der Waals surface area contributed by atoms with Gasteiger partial charge in [0, 0.05) is 33.9 Å². The number of benzene rings is 1. The zero-order valence-corrected chi connectivity index (χ0v) is 18.3. The van der Waals surface area contributed by atoms with Crippen LogP contribution in [0.4, 0.5) is 4.39 Å². The predicted molar refractivity (Wildman–Crippen MR) is 114 cm³/mol. The first kappa shape index (κ1) is 23.0. The number of rotatable bonds is 9. The summed E-state index contributed by atoms with van der Waals surface area (Å²) in [6, 6.07) is 5.03. The Hall–Kier alpha value is -1.09. The molecule has 5 nitrogen and oxygen atoms in total. The van der Waals surface area contributed by atoms with Crippen molar-refractivity contribution in [1.29, 1.82) is 0 Å². The average molecular weight is 479 g/mol. The molecule has 2 rings (SSSR count). The summed E-state index contributed by atoms with van der Waals surface area (Å²) in [7, 11) is 3.49. The Morgan fingerprint density at radius 2 is 2.08 bits per heavy atom. The molecule has 0 atom stereocenters. The first-order valence-electron chi connectivity index (χ1n) is 8.97. The molecule has 1 aliphatic rings. The molecular weight excluding hydrogens is 448 g/mol. The van der Waals surface area contributed by atoms with Crippen molar-refractivity contribution < 1.29 is 13.9 Å². The Kier molecular flexibility index (Phi) is 10.2. The third-order valence-corrected chi connectivity index (χ3v) is 4.86. The molecule has 0 amide bonds. The molecule has 0 spiro atoms. The van der Waals surface area contributed by atoms with Gasteiger partial charge in [-0.15, -0.1) is 24.0 Å². The van der Waals surface area contributed by atoms with Crippen molar-refractivity contribution in [1.82, 2.24) is 10.6 Å². The Morgan fingerprint density at radius 1 is 1.31 bits per heavy atom. The fraction of sp³-hybridized carbons (Fsp3) is 0.632. The van der Waals surface area contributed by atoms with Gasteiger partial charge < -0.3 is 20.1 Å². The van der Waals surface area contributed by atoms with Crippen LogP contribution in [0.3, 0.4) is 0 Å². The molecule has 0 aromatic heterocycles. The van der Waals surface area contributed by atoms with Crippen LogP contribution in [0.15, 0.2) is 23.2 Å². The molecule has 0 aliphatic heterocycles. The van der Waals surface area contributed by atoms with Crippen molar-refractivity contribution >= 4 is 29.9 Å². The Morgan fingerprint density at radius 3 is 2.62 bits per heavy atom. The van der Waals surface area contributed by atoms with Gasteiger partial charge in [0.05, 0.1) is 6.61 Å².